The van der Waals surface area contributed by atoms with E-state index in [4.69, 9.17) is 4.74 Å². The van der Waals surface area contributed by atoms with Gasteiger partial charge >= 0.3 is 0 Å². The Labute approximate surface area is 152 Å². The van der Waals surface area contributed by atoms with E-state index in [9.17, 15) is 19.2 Å². The Morgan fingerprint density at radius 2 is 2.00 bits per heavy atom. The molecule has 6 heteroatoms. The number of ketones is 1. The van der Waals surface area contributed by atoms with Crippen molar-refractivity contribution in [3.05, 3.63) is 40.7 Å². The predicted molar refractivity (Wildman–Crippen MR) is 93.1 cm³/mol. The van der Waals surface area contributed by atoms with Crippen molar-refractivity contribution in [1.82, 2.24) is 4.90 Å². The number of carbonyl (C=O) groups is 2. The Bertz CT molecular complexity index is 874. The minimum Gasteiger partial charge on any atom is -0.496 e. The summed E-state index contributed by atoms with van der Waals surface area (Å²) in [5.74, 6) is -0.694. The highest BCUT2D eigenvalue weighted by atomic mass is 19.1. The topological polar surface area (TPSA) is 70.4 Å². The fourth-order valence-electron chi connectivity index (χ4n) is 4.10. The van der Waals surface area contributed by atoms with E-state index in [2.05, 4.69) is 0 Å². The lowest BCUT2D eigenvalue weighted by Gasteiger charge is -2.53. The highest BCUT2D eigenvalue weighted by Crippen LogP contribution is 2.48. The summed E-state index contributed by atoms with van der Waals surface area (Å²) in [7, 11) is 1.47. The molecule has 0 unspecified atom stereocenters. The van der Waals surface area contributed by atoms with E-state index < -0.39 is 22.6 Å². The van der Waals surface area contributed by atoms with Crippen LogP contribution in [-0.4, -0.2) is 36.8 Å². The van der Waals surface area contributed by atoms with E-state index in [1.807, 2.05) is 19.9 Å². The normalized spacial score (nSPS) is 20.2. The molecule has 0 atom stereocenters. The van der Waals surface area contributed by atoms with Crippen molar-refractivity contribution < 1.29 is 18.7 Å². The number of ether oxygens (including phenoxy) is 1. The standard InChI is InChI=1S/C20H21FN2O3/c1-12-5-15(21)14(6-16(12)26-4)18(25)23-10-20(11-23)7-13(8-22)17(24)19(2,3)9-20/h5-7H,9-11H2,1-4H3. The molecule has 1 aliphatic carbocycles. The van der Waals surface area contributed by atoms with Gasteiger partial charge in [-0.1, -0.05) is 19.9 Å². The number of methoxy groups -OCH3 is 1. The molecule has 1 amide bonds. The first-order chi connectivity index (χ1) is 12.1. The molecular weight excluding hydrogens is 335 g/mol. The maximum absolute atomic E-state index is 14.3. The SMILES string of the molecule is COc1cc(C(=O)N2CC3(C=C(C#N)C(=O)C(C)(C)C3)C2)c(F)cc1C. The van der Waals surface area contributed by atoms with Crippen molar-refractivity contribution in [2.24, 2.45) is 10.8 Å². The van der Waals surface area contributed by atoms with E-state index in [1.54, 1.807) is 17.9 Å². The third-order valence-electron chi connectivity index (χ3n) is 5.24. The summed E-state index contributed by atoms with van der Waals surface area (Å²) >= 11 is 0. The smallest absolute Gasteiger partial charge is 0.257 e. The molecule has 1 aliphatic heterocycles. The summed E-state index contributed by atoms with van der Waals surface area (Å²) in [6, 6.07) is 4.68. The quantitative estimate of drug-likeness (QED) is 0.817. The lowest BCUT2D eigenvalue weighted by molar-refractivity contribution is -0.127. The molecule has 1 saturated heterocycles. The molecule has 0 radical (unpaired) electrons. The van der Waals surface area contributed by atoms with Gasteiger partial charge in [-0.3, -0.25) is 9.59 Å². The number of hydrogen-bond acceptors (Lipinski definition) is 4. The van der Waals surface area contributed by atoms with Gasteiger partial charge in [0.2, 0.25) is 0 Å². The average Bonchev–Trinajstić information content (AvgIpc) is 2.54. The summed E-state index contributed by atoms with van der Waals surface area (Å²) in [5.41, 5.74) is -0.304. The fourth-order valence-corrected chi connectivity index (χ4v) is 4.10. The molecule has 0 bridgehead atoms. The lowest BCUT2D eigenvalue weighted by atomic mass is 9.61. The number of carbonyl (C=O) groups excluding carboxylic acids is 2. The Balaban J connectivity index is 1.84. The Kier molecular flexibility index (Phi) is 4.14. The third kappa shape index (κ3) is 2.78. The zero-order valence-corrected chi connectivity index (χ0v) is 15.4. The van der Waals surface area contributed by atoms with Crippen LogP contribution in [0.15, 0.2) is 23.8 Å². The van der Waals surface area contributed by atoms with Gasteiger partial charge in [-0.15, -0.1) is 0 Å². The molecule has 0 saturated carbocycles. The van der Waals surface area contributed by atoms with Crippen LogP contribution in [0.25, 0.3) is 0 Å². The summed E-state index contributed by atoms with van der Waals surface area (Å²) in [6.07, 6.45) is 2.25. The highest BCUT2D eigenvalue weighted by molar-refractivity contribution is 6.04. The number of aryl methyl sites for hydroxylation is 1. The van der Waals surface area contributed by atoms with Crippen molar-refractivity contribution in [2.75, 3.05) is 20.2 Å². The molecule has 1 fully saturated rings. The number of Topliss-reactive ketones (excluding diaryl/α,β-unsaturated/α-hetero) is 1. The number of halogens is 1. The molecule has 1 spiro atoms. The zero-order valence-electron chi connectivity index (χ0n) is 15.4. The molecule has 2 aliphatic rings. The van der Waals surface area contributed by atoms with E-state index in [1.165, 1.54) is 19.2 Å². The molecule has 1 heterocycles. The molecule has 26 heavy (non-hydrogen) atoms. The molecular formula is C20H21FN2O3. The van der Waals surface area contributed by atoms with Crippen LogP contribution in [-0.2, 0) is 4.79 Å². The third-order valence-corrected chi connectivity index (χ3v) is 5.24. The van der Waals surface area contributed by atoms with Crippen molar-refractivity contribution in [2.45, 2.75) is 27.2 Å². The first-order valence-corrected chi connectivity index (χ1v) is 8.44. The lowest BCUT2D eigenvalue weighted by Crippen LogP contribution is -2.61. The number of amides is 1. The molecule has 3 rings (SSSR count). The van der Waals surface area contributed by atoms with Gasteiger partial charge in [0.25, 0.3) is 5.91 Å². The van der Waals surface area contributed by atoms with Gasteiger partial charge in [-0.05, 0) is 31.0 Å². The minimum atomic E-state index is -0.646. The Hall–Kier alpha value is -2.68. The molecule has 1 aromatic rings. The van der Waals surface area contributed by atoms with E-state index in [0.717, 1.165) is 0 Å². The van der Waals surface area contributed by atoms with Gasteiger partial charge in [-0.2, -0.15) is 5.26 Å². The summed E-state index contributed by atoms with van der Waals surface area (Å²) in [5, 5.41) is 9.24. The summed E-state index contributed by atoms with van der Waals surface area (Å²) in [6.45, 7) is 6.07. The fraction of sp³-hybridized carbons (Fsp3) is 0.450. The molecule has 0 aromatic heterocycles. The van der Waals surface area contributed by atoms with Crippen molar-refractivity contribution in [3.63, 3.8) is 0 Å². The second-order valence-electron chi connectivity index (χ2n) is 7.88. The Morgan fingerprint density at radius 1 is 1.35 bits per heavy atom. The number of nitriles is 1. The van der Waals surface area contributed by atoms with Gasteiger partial charge in [0.05, 0.1) is 18.2 Å². The average molecular weight is 356 g/mol. The number of benzene rings is 1. The molecule has 5 nitrogen and oxygen atoms in total. The van der Waals surface area contributed by atoms with Crippen LogP contribution in [0.1, 0.15) is 36.2 Å². The van der Waals surface area contributed by atoms with Gasteiger partial charge < -0.3 is 9.64 Å². The number of hydrogen-bond donors (Lipinski definition) is 0. The van der Waals surface area contributed by atoms with Gasteiger partial charge in [0.15, 0.2) is 5.78 Å². The summed E-state index contributed by atoms with van der Waals surface area (Å²) in [4.78, 5) is 26.5. The molecule has 136 valence electrons. The number of nitrogens with zero attached hydrogens (tertiary/aromatic N) is 2. The van der Waals surface area contributed by atoms with Gasteiger partial charge in [0.1, 0.15) is 17.6 Å². The molecule has 0 N–H and O–H groups in total. The van der Waals surface area contributed by atoms with Gasteiger partial charge in [0, 0.05) is 23.9 Å². The van der Waals surface area contributed by atoms with E-state index >= 15 is 0 Å². The predicted octanol–water partition coefficient (Wildman–Crippen LogP) is 3.03. The van der Waals surface area contributed by atoms with Gasteiger partial charge in [-0.25, -0.2) is 4.39 Å². The second kappa shape index (κ2) is 5.94. The van der Waals surface area contributed by atoms with Crippen molar-refractivity contribution in [3.8, 4) is 11.8 Å². The maximum atomic E-state index is 14.3. The first kappa shape index (κ1) is 18.1. The van der Waals surface area contributed by atoms with Crippen LogP contribution in [0, 0.1) is 34.9 Å². The minimum absolute atomic E-state index is 0.0297. The highest BCUT2D eigenvalue weighted by Gasteiger charge is 2.52. The largest absolute Gasteiger partial charge is 0.496 e. The second-order valence-corrected chi connectivity index (χ2v) is 7.88. The number of likely N-dealkylation sites (tertiary alicyclic amines) is 1. The number of allylic oxidation sites excluding steroid dienone is 1. The zero-order chi connectivity index (χ0) is 19.3. The first-order valence-electron chi connectivity index (χ1n) is 8.44. The van der Waals surface area contributed by atoms with Crippen LogP contribution in [0.3, 0.4) is 0 Å². The van der Waals surface area contributed by atoms with Crippen LogP contribution >= 0.6 is 0 Å². The van der Waals surface area contributed by atoms with Crippen LogP contribution in [0.2, 0.25) is 0 Å². The van der Waals surface area contributed by atoms with E-state index in [0.29, 0.717) is 30.8 Å². The van der Waals surface area contributed by atoms with Crippen LogP contribution < -0.4 is 4.74 Å². The van der Waals surface area contributed by atoms with Crippen molar-refractivity contribution >= 4 is 11.7 Å². The number of rotatable bonds is 2. The van der Waals surface area contributed by atoms with Crippen LogP contribution in [0.5, 0.6) is 5.75 Å². The molecule has 1 aromatic carbocycles. The maximum Gasteiger partial charge on any atom is 0.257 e. The van der Waals surface area contributed by atoms with Crippen molar-refractivity contribution in [1.29, 1.82) is 5.26 Å². The van der Waals surface area contributed by atoms with E-state index in [-0.39, 0.29) is 16.9 Å². The Morgan fingerprint density at radius 3 is 2.58 bits per heavy atom. The summed E-state index contributed by atoms with van der Waals surface area (Å²) < 4.78 is 19.4. The monoisotopic (exact) mass is 356 g/mol. The van der Waals surface area contributed by atoms with Crippen LogP contribution in [0.4, 0.5) is 4.39 Å².